The quantitative estimate of drug-likeness (QED) is 0.544. The van der Waals surface area contributed by atoms with Crippen LogP contribution in [0.2, 0.25) is 0 Å². The van der Waals surface area contributed by atoms with Gasteiger partial charge in [-0.2, -0.15) is 0 Å². The Morgan fingerprint density at radius 1 is 1.25 bits per heavy atom. The van der Waals surface area contributed by atoms with E-state index >= 15 is 0 Å². The molecule has 1 nitrogen and oxygen atoms in total. The first kappa shape index (κ1) is 17.3. The van der Waals surface area contributed by atoms with Crippen LogP contribution in [-0.4, -0.2) is 26.2 Å². The second-order valence-electron chi connectivity index (χ2n) is 0. The molecule has 4 heavy (non-hydrogen) atoms. The third kappa shape index (κ3) is 9.34. The van der Waals surface area contributed by atoms with Crippen LogP contribution in [0.3, 0.4) is 0 Å². The molecule has 0 aliphatic carbocycles. The fraction of sp³-hybridized carbons (Fsp3) is 0. The molecule has 0 saturated carbocycles. The standard InChI is InChI=1S/Bi.Fe.Ni.O. The first-order valence-electron chi connectivity index (χ1n) is 0.129. The summed E-state index contributed by atoms with van der Waals surface area (Å²) in [5.74, 6) is 0. The van der Waals surface area contributed by atoms with Gasteiger partial charge >= 0.3 is 19.3 Å². The molecule has 0 heterocycles. The van der Waals surface area contributed by atoms with Crippen molar-refractivity contribution in [2.24, 2.45) is 0 Å². The van der Waals surface area contributed by atoms with Crippen LogP contribution in [0.4, 0.5) is 0 Å². The molecule has 0 unspecified atom stereocenters. The van der Waals surface area contributed by atoms with Crippen molar-refractivity contribution in [1.82, 2.24) is 0 Å². The Balaban J connectivity index is -0.00000000500. The summed E-state index contributed by atoms with van der Waals surface area (Å²) in [5, 5.41) is 0. The summed E-state index contributed by atoms with van der Waals surface area (Å²) in [6.45, 7) is 0. The molecule has 0 aromatic heterocycles. The molecule has 0 saturated heterocycles. The van der Waals surface area contributed by atoms with Crippen LogP contribution in [0.5, 0.6) is 0 Å². The van der Waals surface area contributed by atoms with Crippen LogP contribution in [0.25, 0.3) is 0 Å². The predicted molar refractivity (Wildman–Crippen MR) is 6.44 cm³/mol. The van der Waals surface area contributed by atoms with Crippen molar-refractivity contribution in [1.29, 1.82) is 0 Å². The molecule has 3 radical (unpaired) electrons. The Kier molecular flexibility index (Phi) is 96.3. The molecular formula is BiFeNiO. The minimum absolute atomic E-state index is 0. The summed E-state index contributed by atoms with van der Waals surface area (Å²) in [7, 11) is 0. The van der Waals surface area contributed by atoms with E-state index in [0.717, 1.165) is 0 Å². The molecule has 0 atom stereocenters. The first-order valence-corrected chi connectivity index (χ1v) is 0.532. The van der Waals surface area contributed by atoms with Gasteiger partial charge in [-0.25, -0.2) is 0 Å². The van der Waals surface area contributed by atoms with Crippen molar-refractivity contribution in [3.63, 3.8) is 0 Å². The Bertz CT molecular complexity index is 8.00. The van der Waals surface area contributed by atoms with E-state index in [1.807, 2.05) is 0 Å². The fourth-order valence-electron chi connectivity index (χ4n) is 0. The van der Waals surface area contributed by atoms with Crippen LogP contribution < -0.4 is 0 Å². The average Bonchev–Trinajstić information content (AvgIpc) is 1.00. The van der Waals surface area contributed by atoms with Crippen LogP contribution in [-0.2, 0) is 36.4 Å². The third-order valence-electron chi connectivity index (χ3n) is 0. The molecule has 0 rings (SSSR count). The van der Waals surface area contributed by atoms with Gasteiger partial charge in [0.25, 0.3) is 0 Å². The molecule has 0 bridgehead atoms. The van der Waals surface area contributed by atoms with E-state index < -0.39 is 0 Å². The molecule has 0 fully saturated rings. The monoisotopic (exact) mass is 339 g/mol. The topological polar surface area (TPSA) is 17.1 Å². The SMILES string of the molecule is [Bi].[Fe].[O]=[Ni]. The Morgan fingerprint density at radius 3 is 1.25 bits per heavy atom. The van der Waals surface area contributed by atoms with Gasteiger partial charge in [-0.3, -0.25) is 0 Å². The molecule has 0 aliphatic heterocycles. The third-order valence-corrected chi connectivity index (χ3v) is 0. The van der Waals surface area contributed by atoms with Crippen molar-refractivity contribution in [2.75, 3.05) is 0 Å². The Morgan fingerprint density at radius 2 is 1.25 bits per heavy atom. The van der Waals surface area contributed by atoms with Crippen LogP contribution >= 0.6 is 0 Å². The zero-order valence-corrected chi connectivity index (χ0v) is 7.09. The summed E-state index contributed by atoms with van der Waals surface area (Å²) in [5.41, 5.74) is 0. The second kappa shape index (κ2) is 22.3. The van der Waals surface area contributed by atoms with Crippen molar-refractivity contribution in [3.8, 4) is 0 Å². The molecule has 0 aromatic carbocycles. The summed E-state index contributed by atoms with van der Waals surface area (Å²) >= 11 is 2.62. The molecule has 0 aromatic rings. The van der Waals surface area contributed by atoms with E-state index in [9.17, 15) is 0 Å². The molecule has 0 amide bonds. The maximum absolute atomic E-state index is 7.88. The molecule has 0 N–H and O–H groups in total. The summed E-state index contributed by atoms with van der Waals surface area (Å²) in [6, 6.07) is 0. The summed E-state index contributed by atoms with van der Waals surface area (Å²) < 4.78 is 7.88. The van der Waals surface area contributed by atoms with Gasteiger partial charge in [0.15, 0.2) is 0 Å². The Hall–Kier alpha value is 1.70. The van der Waals surface area contributed by atoms with E-state index in [0.29, 0.717) is 0 Å². The number of hydrogen-bond donors (Lipinski definition) is 0. The van der Waals surface area contributed by atoms with Gasteiger partial charge in [-0.1, -0.05) is 0 Å². The zero-order valence-electron chi connectivity index (χ0n) is 1.53. The van der Waals surface area contributed by atoms with Crippen LogP contribution in [0, 0.1) is 0 Å². The van der Waals surface area contributed by atoms with Gasteiger partial charge in [0.05, 0.1) is 0 Å². The number of rotatable bonds is 0. The maximum atomic E-state index is 7.88. The van der Waals surface area contributed by atoms with Gasteiger partial charge in [0.1, 0.15) is 0 Å². The van der Waals surface area contributed by atoms with Gasteiger partial charge < -0.3 is 0 Å². The Labute approximate surface area is 62.1 Å². The van der Waals surface area contributed by atoms with Crippen LogP contribution in [0.1, 0.15) is 0 Å². The van der Waals surface area contributed by atoms with Crippen molar-refractivity contribution >= 4 is 26.2 Å². The van der Waals surface area contributed by atoms with Crippen molar-refractivity contribution in [2.45, 2.75) is 0 Å². The second-order valence-corrected chi connectivity index (χ2v) is 0. The first-order chi connectivity index (χ1) is 1.00. The van der Waals surface area contributed by atoms with E-state index in [-0.39, 0.29) is 43.3 Å². The van der Waals surface area contributed by atoms with Crippen molar-refractivity contribution in [3.05, 3.63) is 0 Å². The van der Waals surface area contributed by atoms with Crippen LogP contribution in [0.15, 0.2) is 0 Å². The van der Waals surface area contributed by atoms with Gasteiger partial charge in [-0.05, 0) is 0 Å². The predicted octanol–water partition coefficient (Wildman–Crippen LogP) is -0.505. The number of hydrogen-bond acceptors (Lipinski definition) is 1. The molecule has 0 aliphatic rings. The van der Waals surface area contributed by atoms with Gasteiger partial charge in [-0.15, -0.1) is 0 Å². The molecular weight excluding hydrogens is 340 g/mol. The zero-order chi connectivity index (χ0) is 2.00. The fourth-order valence-corrected chi connectivity index (χ4v) is 0. The van der Waals surface area contributed by atoms with E-state index in [1.165, 1.54) is 0 Å². The van der Waals surface area contributed by atoms with E-state index in [4.69, 9.17) is 3.90 Å². The minimum atomic E-state index is 0. The van der Waals surface area contributed by atoms with E-state index in [2.05, 4.69) is 15.4 Å². The molecule has 29 valence electrons. The molecule has 0 spiro atoms. The van der Waals surface area contributed by atoms with Crippen molar-refractivity contribution < 1.29 is 36.4 Å². The van der Waals surface area contributed by atoms with Gasteiger partial charge in [0, 0.05) is 43.3 Å². The van der Waals surface area contributed by atoms with E-state index in [1.54, 1.807) is 0 Å². The summed E-state index contributed by atoms with van der Waals surface area (Å²) in [4.78, 5) is 0. The van der Waals surface area contributed by atoms with Gasteiger partial charge in [0.2, 0.25) is 0 Å². The normalized spacial score (nSPS) is 1.50. The average molecular weight is 340 g/mol. The summed E-state index contributed by atoms with van der Waals surface area (Å²) in [6.07, 6.45) is 0. The molecule has 4 heteroatoms.